The van der Waals surface area contributed by atoms with E-state index in [1.807, 2.05) is 23.5 Å². The molecule has 4 heteroatoms. The van der Waals surface area contributed by atoms with Crippen LogP contribution in [0.3, 0.4) is 0 Å². The van der Waals surface area contributed by atoms with Gasteiger partial charge in [0.15, 0.2) is 0 Å². The fourth-order valence-corrected chi connectivity index (χ4v) is 1.20. The predicted molar refractivity (Wildman–Crippen MR) is 64.3 cm³/mol. The van der Waals surface area contributed by atoms with Crippen molar-refractivity contribution in [3.63, 3.8) is 0 Å². The first kappa shape index (κ1) is 12.7. The van der Waals surface area contributed by atoms with Crippen LogP contribution in [0.4, 0.5) is 0 Å². The van der Waals surface area contributed by atoms with Gasteiger partial charge in [-0.3, -0.25) is 14.9 Å². The molecule has 0 saturated carbocycles. The van der Waals surface area contributed by atoms with E-state index in [9.17, 15) is 14.7 Å². The average molecular weight is 231 g/mol. The van der Waals surface area contributed by atoms with Crippen molar-refractivity contribution in [2.75, 3.05) is 0 Å². The topological polar surface area (TPSA) is 66.4 Å². The molecule has 0 saturated heterocycles. The first-order valence-corrected chi connectivity index (χ1v) is 5.04. The van der Waals surface area contributed by atoms with Crippen molar-refractivity contribution in [2.45, 2.75) is 6.42 Å². The minimum atomic E-state index is -0.329. The SMILES string of the molecule is C=CCc1ccccc1O.O=C1C=CC(=O)N1. The van der Waals surface area contributed by atoms with E-state index in [0.717, 1.165) is 12.0 Å². The largest absolute Gasteiger partial charge is 0.508 e. The highest BCUT2D eigenvalue weighted by molar-refractivity contribution is 6.12. The van der Waals surface area contributed by atoms with Crippen molar-refractivity contribution < 1.29 is 14.7 Å². The summed E-state index contributed by atoms with van der Waals surface area (Å²) in [6, 6.07) is 7.27. The molecule has 17 heavy (non-hydrogen) atoms. The van der Waals surface area contributed by atoms with Crippen LogP contribution < -0.4 is 5.32 Å². The summed E-state index contributed by atoms with van der Waals surface area (Å²) in [6.45, 7) is 3.59. The number of carbonyl (C=O) groups excluding carboxylic acids is 2. The van der Waals surface area contributed by atoms with Crippen LogP contribution in [0, 0.1) is 0 Å². The maximum Gasteiger partial charge on any atom is 0.250 e. The Morgan fingerprint density at radius 3 is 2.18 bits per heavy atom. The van der Waals surface area contributed by atoms with Gasteiger partial charge < -0.3 is 5.11 Å². The summed E-state index contributed by atoms with van der Waals surface area (Å²) in [5.74, 6) is -0.308. The van der Waals surface area contributed by atoms with Crippen molar-refractivity contribution in [1.29, 1.82) is 0 Å². The minimum Gasteiger partial charge on any atom is -0.508 e. The molecule has 1 aliphatic heterocycles. The van der Waals surface area contributed by atoms with Gasteiger partial charge in [-0.2, -0.15) is 0 Å². The summed E-state index contributed by atoms with van der Waals surface area (Å²) in [5.41, 5.74) is 0.928. The van der Waals surface area contributed by atoms with E-state index in [1.54, 1.807) is 12.1 Å². The lowest BCUT2D eigenvalue weighted by Crippen LogP contribution is -2.19. The third-order valence-corrected chi connectivity index (χ3v) is 1.99. The number of hydrogen-bond donors (Lipinski definition) is 2. The van der Waals surface area contributed by atoms with Crippen molar-refractivity contribution in [2.24, 2.45) is 0 Å². The highest BCUT2D eigenvalue weighted by Gasteiger charge is 2.06. The molecule has 0 aliphatic carbocycles. The van der Waals surface area contributed by atoms with Crippen molar-refractivity contribution in [3.8, 4) is 5.75 Å². The first-order valence-electron chi connectivity index (χ1n) is 5.04. The Bertz CT molecular complexity index is 447. The van der Waals surface area contributed by atoms with E-state index in [2.05, 4.69) is 6.58 Å². The predicted octanol–water partition coefficient (Wildman–Crippen LogP) is 1.32. The zero-order valence-corrected chi connectivity index (χ0v) is 9.22. The number of phenolic OH excluding ortho intramolecular Hbond substituents is 1. The number of amides is 2. The molecule has 1 aromatic carbocycles. The second-order valence-electron chi connectivity index (χ2n) is 3.31. The van der Waals surface area contributed by atoms with Crippen LogP contribution >= 0.6 is 0 Å². The number of hydrogen-bond acceptors (Lipinski definition) is 3. The summed E-state index contributed by atoms with van der Waals surface area (Å²) in [5, 5.41) is 11.2. The van der Waals surface area contributed by atoms with E-state index in [1.165, 1.54) is 12.2 Å². The maximum atomic E-state index is 10.0. The molecular weight excluding hydrogens is 218 g/mol. The zero-order valence-electron chi connectivity index (χ0n) is 9.22. The lowest BCUT2D eigenvalue weighted by atomic mass is 10.1. The molecule has 0 radical (unpaired) electrons. The Kier molecular flexibility index (Phi) is 4.69. The molecule has 0 bridgehead atoms. The van der Waals surface area contributed by atoms with Gasteiger partial charge in [0.2, 0.25) is 0 Å². The second-order valence-corrected chi connectivity index (χ2v) is 3.31. The van der Waals surface area contributed by atoms with Crippen molar-refractivity contribution >= 4 is 11.8 Å². The van der Waals surface area contributed by atoms with Gasteiger partial charge in [0.25, 0.3) is 11.8 Å². The summed E-state index contributed by atoms with van der Waals surface area (Å²) in [4.78, 5) is 20.1. The van der Waals surface area contributed by atoms with Gasteiger partial charge in [0, 0.05) is 12.2 Å². The van der Waals surface area contributed by atoms with Crippen molar-refractivity contribution in [1.82, 2.24) is 5.32 Å². The molecule has 4 nitrogen and oxygen atoms in total. The number of carbonyl (C=O) groups is 2. The molecule has 2 N–H and O–H groups in total. The van der Waals surface area contributed by atoms with E-state index < -0.39 is 0 Å². The third kappa shape index (κ3) is 4.34. The first-order chi connectivity index (χ1) is 8.13. The Hall–Kier alpha value is -2.36. The second kappa shape index (κ2) is 6.27. The number of nitrogens with one attached hydrogen (secondary N) is 1. The molecule has 2 rings (SSSR count). The molecule has 2 amide bonds. The van der Waals surface area contributed by atoms with E-state index in [4.69, 9.17) is 0 Å². The van der Waals surface area contributed by atoms with Crippen LogP contribution in [0.25, 0.3) is 0 Å². The zero-order chi connectivity index (χ0) is 12.7. The highest BCUT2D eigenvalue weighted by atomic mass is 16.3. The van der Waals surface area contributed by atoms with E-state index in [-0.39, 0.29) is 11.8 Å². The van der Waals surface area contributed by atoms with Gasteiger partial charge in [0.05, 0.1) is 0 Å². The highest BCUT2D eigenvalue weighted by Crippen LogP contribution is 2.15. The van der Waals surface area contributed by atoms with Crippen LogP contribution in [-0.2, 0) is 16.0 Å². The summed E-state index contributed by atoms with van der Waals surface area (Å²) >= 11 is 0. The van der Waals surface area contributed by atoms with E-state index >= 15 is 0 Å². The van der Waals surface area contributed by atoms with Gasteiger partial charge >= 0.3 is 0 Å². The summed E-state index contributed by atoms with van der Waals surface area (Å²) in [6.07, 6.45) is 4.90. The Morgan fingerprint density at radius 2 is 1.76 bits per heavy atom. The monoisotopic (exact) mass is 231 g/mol. The lowest BCUT2D eigenvalue weighted by molar-refractivity contribution is -0.123. The normalized spacial score (nSPS) is 12.7. The molecule has 1 heterocycles. The minimum absolute atomic E-state index is 0.329. The molecule has 1 aromatic rings. The van der Waals surface area contributed by atoms with Gasteiger partial charge in [-0.05, 0) is 18.1 Å². The smallest absolute Gasteiger partial charge is 0.250 e. The third-order valence-electron chi connectivity index (χ3n) is 1.99. The number of benzene rings is 1. The maximum absolute atomic E-state index is 10.0. The Labute approximate surface area is 99.3 Å². The van der Waals surface area contributed by atoms with Crippen molar-refractivity contribution in [3.05, 3.63) is 54.6 Å². The van der Waals surface area contributed by atoms with Crippen LogP contribution in [0.2, 0.25) is 0 Å². The average Bonchev–Trinajstić information content (AvgIpc) is 2.67. The number of para-hydroxylation sites is 1. The van der Waals surface area contributed by atoms with Crippen LogP contribution in [0.5, 0.6) is 5.75 Å². The number of allylic oxidation sites excluding steroid dienone is 1. The van der Waals surface area contributed by atoms with Crippen LogP contribution in [0.15, 0.2) is 49.1 Å². The molecule has 88 valence electrons. The number of aromatic hydroxyl groups is 1. The van der Waals surface area contributed by atoms with Gasteiger partial charge in [0.1, 0.15) is 5.75 Å². The van der Waals surface area contributed by atoms with Gasteiger partial charge in [-0.15, -0.1) is 6.58 Å². The quantitative estimate of drug-likeness (QED) is 0.596. The molecule has 0 aromatic heterocycles. The molecule has 0 unspecified atom stereocenters. The van der Waals surface area contributed by atoms with Crippen LogP contribution in [-0.4, -0.2) is 16.9 Å². The number of rotatable bonds is 2. The molecule has 1 aliphatic rings. The molecular formula is C13H13NO3. The summed E-state index contributed by atoms with van der Waals surface area (Å²) in [7, 11) is 0. The fourth-order valence-electron chi connectivity index (χ4n) is 1.20. The van der Waals surface area contributed by atoms with Crippen LogP contribution in [0.1, 0.15) is 5.56 Å². The van der Waals surface area contributed by atoms with E-state index in [0.29, 0.717) is 5.75 Å². The van der Waals surface area contributed by atoms with Gasteiger partial charge in [-0.25, -0.2) is 0 Å². The lowest BCUT2D eigenvalue weighted by Gasteiger charge is -1.97. The number of phenols is 1. The molecule has 0 fully saturated rings. The Morgan fingerprint density at radius 1 is 1.18 bits per heavy atom. The Balaban J connectivity index is 0.000000181. The van der Waals surface area contributed by atoms with Gasteiger partial charge in [-0.1, -0.05) is 24.3 Å². The summed E-state index contributed by atoms with van der Waals surface area (Å²) < 4.78 is 0. The standard InChI is InChI=1S/C9H10O.C4H3NO2/c1-2-5-8-6-3-4-7-9(8)10;6-3-1-2-4(7)5-3/h2-4,6-7,10H,1,5H2;1-2H,(H,5,6,7). The molecule has 0 spiro atoms. The fraction of sp³-hybridized carbons (Fsp3) is 0.0769. The number of imide groups is 1. The molecule has 0 atom stereocenters.